The van der Waals surface area contributed by atoms with E-state index < -0.39 is 0 Å². The number of aromatic nitrogens is 2. The van der Waals surface area contributed by atoms with Gasteiger partial charge in [0.15, 0.2) is 5.82 Å². The van der Waals surface area contributed by atoms with Crippen molar-refractivity contribution in [3.05, 3.63) is 72.0 Å². The number of anilines is 3. The van der Waals surface area contributed by atoms with Gasteiger partial charge in [0, 0.05) is 39.7 Å². The van der Waals surface area contributed by atoms with Gasteiger partial charge in [0.05, 0.1) is 30.6 Å². The number of morpholine rings is 1. The Bertz CT molecular complexity index is 1160. The zero-order chi connectivity index (χ0) is 23.0. The maximum absolute atomic E-state index is 5.52. The van der Waals surface area contributed by atoms with Gasteiger partial charge in [-0.3, -0.25) is 5.43 Å². The van der Waals surface area contributed by atoms with Crippen LogP contribution < -0.4 is 15.2 Å². The van der Waals surface area contributed by atoms with E-state index >= 15 is 0 Å². The fourth-order valence-electron chi connectivity index (χ4n) is 3.97. The summed E-state index contributed by atoms with van der Waals surface area (Å²) in [5.41, 5.74) is 10.0. The number of aryl methyl sites for hydroxylation is 1. The molecule has 1 aliphatic heterocycles. The Morgan fingerprint density at radius 1 is 1.27 bits per heavy atom. The lowest BCUT2D eigenvalue weighted by atomic mass is 10.2. The number of hydrazone groups is 1. The summed E-state index contributed by atoms with van der Waals surface area (Å²) >= 11 is 0. The van der Waals surface area contributed by atoms with Crippen LogP contribution in [0.25, 0.3) is 5.52 Å². The average Bonchev–Trinajstić information content (AvgIpc) is 3.26. The molecule has 33 heavy (non-hydrogen) atoms. The predicted molar refractivity (Wildman–Crippen MR) is 138 cm³/mol. The van der Waals surface area contributed by atoms with E-state index in [1.807, 2.05) is 28.9 Å². The van der Waals surface area contributed by atoms with Crippen LogP contribution in [0.3, 0.4) is 0 Å². The summed E-state index contributed by atoms with van der Waals surface area (Å²) in [6, 6.07) is 14.5. The van der Waals surface area contributed by atoms with Crippen LogP contribution in [-0.4, -0.2) is 55.2 Å². The van der Waals surface area contributed by atoms with Crippen LogP contribution in [0, 0.1) is 13.5 Å². The molecule has 0 atom stereocenters. The summed E-state index contributed by atoms with van der Waals surface area (Å²) < 4.78 is 7.51. The number of pyridine rings is 1. The lowest BCUT2D eigenvalue weighted by molar-refractivity contribution is 0.122. The van der Waals surface area contributed by atoms with Crippen molar-refractivity contribution in [2.75, 3.05) is 54.6 Å². The number of hydrogen-bond donors (Lipinski definition) is 1. The molecular formula is C26H33N6O. The van der Waals surface area contributed by atoms with Gasteiger partial charge in [0.1, 0.15) is 5.82 Å². The second-order valence-corrected chi connectivity index (χ2v) is 8.14. The Morgan fingerprint density at radius 3 is 2.88 bits per heavy atom. The minimum Gasteiger partial charge on any atom is -0.378 e. The van der Waals surface area contributed by atoms with Crippen LogP contribution in [-0.2, 0) is 4.74 Å². The Balaban J connectivity index is 0.00000324. The highest BCUT2D eigenvalue weighted by Crippen LogP contribution is 2.27. The van der Waals surface area contributed by atoms with E-state index in [1.165, 1.54) is 5.56 Å². The van der Waals surface area contributed by atoms with Crippen LogP contribution in [0.4, 0.5) is 17.3 Å². The summed E-state index contributed by atoms with van der Waals surface area (Å²) in [6.45, 7) is 14.4. The van der Waals surface area contributed by atoms with Crippen LogP contribution in [0.5, 0.6) is 0 Å². The molecule has 7 heteroatoms. The van der Waals surface area contributed by atoms with Crippen molar-refractivity contribution in [3.63, 3.8) is 0 Å². The van der Waals surface area contributed by atoms with Gasteiger partial charge in [0.2, 0.25) is 0 Å². The fraction of sp³-hybridized carbons (Fsp3) is 0.346. The number of nitrogens with zero attached hydrogens (tertiary/aromatic N) is 5. The van der Waals surface area contributed by atoms with Gasteiger partial charge < -0.3 is 14.5 Å². The summed E-state index contributed by atoms with van der Waals surface area (Å²) in [5, 5.41) is 9.41. The first kappa shape index (κ1) is 22.6. The number of nitrogens with one attached hydrogen (secondary N) is 1. The van der Waals surface area contributed by atoms with E-state index in [-0.39, 0.29) is 1.43 Å². The zero-order valence-electron chi connectivity index (χ0n) is 19.4. The van der Waals surface area contributed by atoms with Crippen LogP contribution in [0.2, 0.25) is 0 Å². The average molecular weight is 446 g/mol. The zero-order valence-corrected chi connectivity index (χ0v) is 19.4. The molecule has 0 amide bonds. The van der Waals surface area contributed by atoms with Crippen molar-refractivity contribution in [1.29, 1.82) is 0 Å². The maximum Gasteiger partial charge on any atom is 0.151 e. The molecule has 173 valence electrons. The second-order valence-electron chi connectivity index (χ2n) is 8.14. The van der Waals surface area contributed by atoms with Crippen molar-refractivity contribution >= 4 is 29.1 Å². The molecule has 0 saturated carbocycles. The molecule has 0 unspecified atom stereocenters. The van der Waals surface area contributed by atoms with Gasteiger partial charge in [-0.15, -0.1) is 10.8 Å². The van der Waals surface area contributed by atoms with Crippen LogP contribution in [0.1, 0.15) is 25.9 Å². The highest BCUT2D eigenvalue weighted by atomic mass is 16.5. The molecule has 3 heterocycles. The Hall–Kier alpha value is -3.54. The molecule has 3 aromatic rings. The predicted octanol–water partition coefficient (Wildman–Crippen LogP) is 4.53. The smallest absolute Gasteiger partial charge is 0.151 e. The van der Waals surface area contributed by atoms with Gasteiger partial charge in [-0.05, 0) is 37.6 Å². The van der Waals surface area contributed by atoms with Crippen molar-refractivity contribution in [3.8, 4) is 0 Å². The normalized spacial score (nSPS) is 13.9. The molecule has 0 aliphatic carbocycles. The number of ether oxygens (including phenoxy) is 1. The molecule has 4 rings (SSSR count). The first-order chi connectivity index (χ1) is 16.2. The van der Waals surface area contributed by atoms with Gasteiger partial charge in [-0.2, -0.15) is 5.10 Å². The molecule has 7 nitrogen and oxygen atoms in total. The van der Waals surface area contributed by atoms with Crippen molar-refractivity contribution in [2.45, 2.75) is 20.3 Å². The third kappa shape index (κ3) is 5.64. The molecule has 1 saturated heterocycles. The molecule has 0 bridgehead atoms. The summed E-state index contributed by atoms with van der Waals surface area (Å²) in [6.07, 6.45) is 4.67. The van der Waals surface area contributed by atoms with E-state index in [2.05, 4.69) is 70.2 Å². The first-order valence-corrected chi connectivity index (χ1v) is 11.4. The standard InChI is InChI=1S/C26H31N6O.H2/c1-4-6-11-31(10-5-2)26-18-23(28-27-20-22-9-7-8-21(3)16-22)17-24-19-25(29-32(24)26)30-12-14-33-15-13-30;/h1,6-9,16-20,28H,5,10-15H2,2-3H3;1H/b27-20+;. The Kier molecular flexibility index (Phi) is 7.45. The van der Waals surface area contributed by atoms with E-state index in [1.54, 1.807) is 0 Å². The van der Waals surface area contributed by atoms with Crippen molar-refractivity contribution in [1.82, 2.24) is 9.61 Å². The minimum absolute atomic E-state index is 0. The highest BCUT2D eigenvalue weighted by molar-refractivity contribution is 5.80. The fourth-order valence-corrected chi connectivity index (χ4v) is 3.97. The van der Waals surface area contributed by atoms with Crippen molar-refractivity contribution in [2.24, 2.45) is 5.10 Å². The third-order valence-electron chi connectivity index (χ3n) is 5.56. The van der Waals surface area contributed by atoms with Crippen molar-refractivity contribution < 1.29 is 6.16 Å². The van der Waals surface area contributed by atoms with Gasteiger partial charge in [0.25, 0.3) is 0 Å². The number of hydrogen-bond acceptors (Lipinski definition) is 6. The maximum atomic E-state index is 5.52. The SMILES string of the molecule is [CH]=C=CCN(CCC)c1cc(N/N=C/c2cccc(C)c2)cc2cc(N3CCOCC3)nn12.[HH]. The van der Waals surface area contributed by atoms with E-state index in [4.69, 9.17) is 16.4 Å². The number of fused-ring (bicyclic) bond motifs is 1. The monoisotopic (exact) mass is 445 g/mol. The Labute approximate surface area is 197 Å². The Morgan fingerprint density at radius 2 is 2.12 bits per heavy atom. The molecule has 1 N–H and O–H groups in total. The minimum atomic E-state index is 0. The quantitative estimate of drug-likeness (QED) is 0.298. The summed E-state index contributed by atoms with van der Waals surface area (Å²) in [4.78, 5) is 4.51. The lowest BCUT2D eigenvalue weighted by Gasteiger charge is -2.26. The van der Waals surface area contributed by atoms with E-state index in [0.717, 1.165) is 67.7 Å². The van der Waals surface area contributed by atoms with Crippen LogP contribution >= 0.6 is 0 Å². The molecule has 0 spiro atoms. The van der Waals surface area contributed by atoms with Gasteiger partial charge in [-0.25, -0.2) is 4.52 Å². The first-order valence-electron chi connectivity index (χ1n) is 11.4. The number of rotatable bonds is 9. The van der Waals surface area contributed by atoms with E-state index in [9.17, 15) is 0 Å². The lowest BCUT2D eigenvalue weighted by Crippen LogP contribution is -2.36. The topological polar surface area (TPSA) is 57.4 Å². The molecular weight excluding hydrogens is 412 g/mol. The molecule has 1 aromatic carbocycles. The molecule has 1 radical (unpaired) electrons. The van der Waals surface area contributed by atoms with Crippen LogP contribution in [0.15, 0.2) is 59.4 Å². The highest BCUT2D eigenvalue weighted by Gasteiger charge is 2.18. The largest absolute Gasteiger partial charge is 0.378 e. The summed E-state index contributed by atoms with van der Waals surface area (Å²) in [7, 11) is 0. The molecule has 2 aromatic heterocycles. The molecule has 1 fully saturated rings. The third-order valence-corrected chi connectivity index (χ3v) is 5.56. The summed E-state index contributed by atoms with van der Waals surface area (Å²) in [5.74, 6) is 1.94. The second kappa shape index (κ2) is 10.9. The molecule has 1 aliphatic rings. The van der Waals surface area contributed by atoms with Gasteiger partial charge >= 0.3 is 0 Å². The van der Waals surface area contributed by atoms with Gasteiger partial charge in [-0.1, -0.05) is 36.8 Å². The van der Waals surface area contributed by atoms with E-state index in [0.29, 0.717) is 6.54 Å². The number of benzene rings is 1.